The predicted molar refractivity (Wildman–Crippen MR) is 68.6 cm³/mol. The first-order chi connectivity index (χ1) is 9.08. The van der Waals surface area contributed by atoms with Crippen molar-refractivity contribution in [2.75, 3.05) is 5.32 Å². The molecule has 0 unspecified atom stereocenters. The third-order valence-electron chi connectivity index (χ3n) is 2.57. The molecule has 0 amide bonds. The van der Waals surface area contributed by atoms with E-state index in [0.717, 1.165) is 0 Å². The van der Waals surface area contributed by atoms with Crippen LogP contribution in [0.3, 0.4) is 0 Å². The Kier molecular flexibility index (Phi) is 4.21. The molecule has 0 radical (unpaired) electrons. The lowest BCUT2D eigenvalue weighted by atomic mass is 10.3. The topological polar surface area (TPSA) is 39.1 Å². The number of aromatic nitrogens is 2. The highest BCUT2D eigenvalue weighted by atomic mass is 35.5. The van der Waals surface area contributed by atoms with Crippen LogP contribution in [0.5, 0.6) is 5.75 Å². The highest BCUT2D eigenvalue weighted by Crippen LogP contribution is 2.26. The molecular weight excluding hydrogens is 276 g/mol. The Bertz CT molecular complexity index is 560. The molecule has 19 heavy (non-hydrogen) atoms. The molecule has 0 bridgehead atoms. The second-order valence-electron chi connectivity index (χ2n) is 3.78. The lowest BCUT2D eigenvalue weighted by Gasteiger charge is -2.12. The number of nitrogens with zero attached hydrogens (tertiary/aromatic N) is 2. The first-order valence-corrected chi connectivity index (χ1v) is 5.89. The smallest absolute Gasteiger partial charge is 0.387 e. The molecule has 0 saturated heterocycles. The van der Waals surface area contributed by atoms with Gasteiger partial charge in [-0.1, -0.05) is 23.7 Å². The third kappa shape index (κ3) is 3.35. The number of hydrogen-bond acceptors (Lipinski definition) is 3. The Balaban J connectivity index is 2.09. The van der Waals surface area contributed by atoms with Gasteiger partial charge in [-0.3, -0.25) is 0 Å². The average Bonchev–Trinajstić information content (AvgIpc) is 2.68. The average molecular weight is 288 g/mol. The van der Waals surface area contributed by atoms with Gasteiger partial charge in [0.15, 0.2) is 0 Å². The maximum absolute atomic E-state index is 12.2. The van der Waals surface area contributed by atoms with Gasteiger partial charge in [-0.2, -0.15) is 8.78 Å². The zero-order valence-corrected chi connectivity index (χ0v) is 10.9. The van der Waals surface area contributed by atoms with Gasteiger partial charge in [-0.15, -0.1) is 0 Å². The Morgan fingerprint density at radius 2 is 2.16 bits per heavy atom. The van der Waals surface area contributed by atoms with Gasteiger partial charge in [0.1, 0.15) is 16.7 Å². The molecule has 1 aromatic carbocycles. The summed E-state index contributed by atoms with van der Waals surface area (Å²) in [5.74, 6) is 0.787. The minimum atomic E-state index is -2.86. The Morgan fingerprint density at radius 3 is 2.79 bits per heavy atom. The molecule has 2 aromatic rings. The molecule has 0 aliphatic heterocycles. The molecule has 2 rings (SSSR count). The predicted octanol–water partition coefficient (Wildman–Crippen LogP) is 3.29. The normalized spacial score (nSPS) is 10.8. The third-order valence-corrected chi connectivity index (χ3v) is 2.92. The van der Waals surface area contributed by atoms with Crippen LogP contribution in [0.25, 0.3) is 0 Å². The van der Waals surface area contributed by atoms with Crippen LogP contribution in [0.4, 0.5) is 14.5 Å². The van der Waals surface area contributed by atoms with Crippen molar-refractivity contribution >= 4 is 17.3 Å². The highest BCUT2D eigenvalue weighted by molar-refractivity contribution is 6.29. The minimum absolute atomic E-state index is 0.0952. The second-order valence-corrected chi connectivity index (χ2v) is 4.17. The summed E-state index contributed by atoms with van der Waals surface area (Å²) in [6.45, 7) is -2.50. The number of benzene rings is 1. The van der Waals surface area contributed by atoms with E-state index < -0.39 is 6.61 Å². The summed E-state index contributed by atoms with van der Waals surface area (Å²) in [4.78, 5) is 4.10. The lowest BCUT2D eigenvalue weighted by molar-refractivity contribution is -0.0493. The molecule has 0 saturated carbocycles. The molecule has 0 aliphatic carbocycles. The van der Waals surface area contributed by atoms with Gasteiger partial charge in [0.25, 0.3) is 0 Å². The van der Waals surface area contributed by atoms with Gasteiger partial charge in [0.05, 0.1) is 18.4 Å². The van der Waals surface area contributed by atoms with Gasteiger partial charge >= 0.3 is 6.61 Å². The second kappa shape index (κ2) is 5.88. The van der Waals surface area contributed by atoms with Crippen molar-refractivity contribution in [3.05, 3.63) is 41.4 Å². The number of hydrogen-bond donors (Lipinski definition) is 1. The van der Waals surface area contributed by atoms with Crippen LogP contribution >= 0.6 is 11.6 Å². The molecule has 1 aromatic heterocycles. The van der Waals surface area contributed by atoms with Crippen LogP contribution in [0.1, 0.15) is 5.82 Å². The summed E-state index contributed by atoms with van der Waals surface area (Å²) >= 11 is 5.86. The molecule has 0 aliphatic rings. The molecule has 7 heteroatoms. The van der Waals surface area contributed by atoms with Crippen LogP contribution in [0.15, 0.2) is 30.5 Å². The van der Waals surface area contributed by atoms with E-state index in [9.17, 15) is 8.78 Å². The maximum Gasteiger partial charge on any atom is 0.387 e. The molecule has 0 fully saturated rings. The molecule has 102 valence electrons. The first-order valence-electron chi connectivity index (χ1n) is 5.51. The molecule has 1 heterocycles. The van der Waals surface area contributed by atoms with Crippen LogP contribution in [0.2, 0.25) is 5.15 Å². The van der Waals surface area contributed by atoms with Gasteiger partial charge in [0, 0.05) is 7.05 Å². The number of nitrogens with one attached hydrogen (secondary N) is 1. The van der Waals surface area contributed by atoms with Crippen molar-refractivity contribution in [2.24, 2.45) is 7.05 Å². The standard InChI is InChI=1S/C12H12ClF2N3O/c1-18-10(13)6-17-11(18)7-16-8-4-2-3-5-9(8)19-12(14)15/h2-6,12,16H,7H2,1H3. The summed E-state index contributed by atoms with van der Waals surface area (Å²) in [7, 11) is 1.77. The highest BCUT2D eigenvalue weighted by Gasteiger charge is 2.10. The lowest BCUT2D eigenvalue weighted by Crippen LogP contribution is -2.09. The summed E-state index contributed by atoms with van der Waals surface area (Å²) in [5, 5.41) is 3.50. The fraction of sp³-hybridized carbons (Fsp3) is 0.250. The maximum atomic E-state index is 12.2. The van der Waals surface area contributed by atoms with E-state index in [1.165, 1.54) is 12.3 Å². The summed E-state index contributed by atoms with van der Waals surface area (Å²) in [6.07, 6.45) is 1.53. The zero-order chi connectivity index (χ0) is 13.8. The van der Waals surface area contributed by atoms with E-state index in [1.807, 2.05) is 0 Å². The quantitative estimate of drug-likeness (QED) is 0.917. The molecule has 4 nitrogen and oxygen atoms in total. The number of ether oxygens (including phenoxy) is 1. The molecule has 0 atom stereocenters. The van der Waals surface area contributed by atoms with Crippen molar-refractivity contribution in [3.8, 4) is 5.75 Å². The van der Waals surface area contributed by atoms with Gasteiger partial charge in [-0.25, -0.2) is 4.98 Å². The van der Waals surface area contributed by atoms with Gasteiger partial charge in [0.2, 0.25) is 0 Å². The number of alkyl halides is 2. The van der Waals surface area contributed by atoms with E-state index in [-0.39, 0.29) is 5.75 Å². The monoisotopic (exact) mass is 287 g/mol. The van der Waals surface area contributed by atoms with Crippen LogP contribution < -0.4 is 10.1 Å². The molecule has 1 N–H and O–H groups in total. The number of imidazole rings is 1. The zero-order valence-electron chi connectivity index (χ0n) is 10.1. The van der Waals surface area contributed by atoms with E-state index in [0.29, 0.717) is 23.2 Å². The van der Waals surface area contributed by atoms with E-state index >= 15 is 0 Å². The van der Waals surface area contributed by atoms with Crippen LogP contribution in [0, 0.1) is 0 Å². The van der Waals surface area contributed by atoms with Gasteiger partial charge < -0.3 is 14.6 Å². The number of halogens is 3. The SMILES string of the molecule is Cn1c(Cl)cnc1CNc1ccccc1OC(F)F. The van der Waals surface area contributed by atoms with Crippen LogP contribution in [-0.4, -0.2) is 16.2 Å². The van der Waals surface area contributed by atoms with Crippen LogP contribution in [-0.2, 0) is 13.6 Å². The first kappa shape index (κ1) is 13.6. The van der Waals surface area contributed by atoms with Crippen molar-refractivity contribution in [3.63, 3.8) is 0 Å². The fourth-order valence-corrected chi connectivity index (χ4v) is 1.72. The fourth-order valence-electron chi connectivity index (χ4n) is 1.57. The Labute approximate surface area is 114 Å². The van der Waals surface area contributed by atoms with E-state index in [1.54, 1.807) is 29.8 Å². The van der Waals surface area contributed by atoms with Crippen molar-refractivity contribution in [1.82, 2.24) is 9.55 Å². The van der Waals surface area contributed by atoms with Crippen molar-refractivity contribution < 1.29 is 13.5 Å². The number of rotatable bonds is 5. The van der Waals surface area contributed by atoms with Gasteiger partial charge in [-0.05, 0) is 12.1 Å². The van der Waals surface area contributed by atoms with Crippen molar-refractivity contribution in [2.45, 2.75) is 13.2 Å². The Hall–Kier alpha value is -1.82. The summed E-state index contributed by atoms with van der Waals surface area (Å²) in [5.41, 5.74) is 0.474. The van der Waals surface area contributed by atoms with E-state index in [2.05, 4.69) is 15.0 Å². The molecule has 0 spiro atoms. The number of anilines is 1. The summed E-state index contributed by atoms with van der Waals surface area (Å²) in [6, 6.07) is 6.48. The largest absolute Gasteiger partial charge is 0.433 e. The van der Waals surface area contributed by atoms with Crippen molar-refractivity contribution in [1.29, 1.82) is 0 Å². The number of para-hydroxylation sites is 2. The summed E-state index contributed by atoms with van der Waals surface area (Å²) < 4.78 is 30.6. The molecular formula is C12H12ClF2N3O. The minimum Gasteiger partial charge on any atom is -0.433 e. The Morgan fingerprint density at radius 1 is 1.42 bits per heavy atom. The van der Waals surface area contributed by atoms with E-state index in [4.69, 9.17) is 11.6 Å².